The van der Waals surface area contributed by atoms with Crippen LogP contribution in [0.3, 0.4) is 0 Å². The number of hydrogen-bond donors (Lipinski definition) is 1. The number of nitrogens with zero attached hydrogens (tertiary/aromatic N) is 2. The predicted molar refractivity (Wildman–Crippen MR) is 120 cm³/mol. The Labute approximate surface area is 179 Å². The van der Waals surface area contributed by atoms with Gasteiger partial charge in [0.2, 0.25) is 5.91 Å². The van der Waals surface area contributed by atoms with Crippen molar-refractivity contribution < 1.29 is 4.79 Å². The van der Waals surface area contributed by atoms with E-state index >= 15 is 0 Å². The molecule has 1 unspecified atom stereocenters. The molecule has 7 heteroatoms. The molecule has 152 valence electrons. The van der Waals surface area contributed by atoms with E-state index in [1.54, 1.807) is 16.7 Å². The van der Waals surface area contributed by atoms with Crippen molar-refractivity contribution in [3.05, 3.63) is 69.5 Å². The van der Waals surface area contributed by atoms with E-state index in [9.17, 15) is 9.59 Å². The minimum atomic E-state index is -0.404. The Morgan fingerprint density at radius 1 is 1.21 bits per heavy atom. The van der Waals surface area contributed by atoms with Gasteiger partial charge in [0.25, 0.3) is 5.56 Å². The maximum Gasteiger partial charge on any atom is 0.262 e. The first-order chi connectivity index (χ1) is 14.0. The van der Waals surface area contributed by atoms with Crippen LogP contribution in [0, 0.1) is 0 Å². The van der Waals surface area contributed by atoms with Gasteiger partial charge in [-0.05, 0) is 37.1 Å². The number of rotatable bonds is 8. The van der Waals surface area contributed by atoms with Crippen molar-refractivity contribution in [1.29, 1.82) is 0 Å². The van der Waals surface area contributed by atoms with E-state index in [4.69, 9.17) is 11.6 Å². The lowest BCUT2D eigenvalue weighted by Gasteiger charge is -2.16. The zero-order chi connectivity index (χ0) is 20.8. The molecular formula is C22H24ClN3O2S. The van der Waals surface area contributed by atoms with Gasteiger partial charge >= 0.3 is 0 Å². The fourth-order valence-corrected chi connectivity index (χ4v) is 4.09. The van der Waals surface area contributed by atoms with Crippen LogP contribution in [-0.2, 0) is 17.9 Å². The maximum atomic E-state index is 12.9. The molecule has 1 amide bonds. The lowest BCUT2D eigenvalue weighted by molar-refractivity contribution is -0.120. The molecule has 5 nitrogen and oxygen atoms in total. The number of aromatic nitrogens is 2. The number of amides is 1. The van der Waals surface area contributed by atoms with Crippen molar-refractivity contribution in [3.63, 3.8) is 0 Å². The van der Waals surface area contributed by atoms with Gasteiger partial charge in [-0.1, -0.05) is 67.0 Å². The van der Waals surface area contributed by atoms with Crippen LogP contribution in [-0.4, -0.2) is 20.7 Å². The fourth-order valence-electron chi connectivity index (χ4n) is 2.93. The lowest BCUT2D eigenvalue weighted by atomic mass is 10.2. The van der Waals surface area contributed by atoms with Gasteiger partial charge in [-0.25, -0.2) is 4.98 Å². The largest absolute Gasteiger partial charge is 0.351 e. The highest BCUT2D eigenvalue weighted by atomic mass is 35.5. The van der Waals surface area contributed by atoms with Gasteiger partial charge in [0.1, 0.15) is 0 Å². The van der Waals surface area contributed by atoms with Crippen molar-refractivity contribution in [1.82, 2.24) is 14.9 Å². The number of unbranched alkanes of at least 4 members (excludes halogenated alkanes) is 1. The lowest BCUT2D eigenvalue weighted by Crippen LogP contribution is -2.31. The monoisotopic (exact) mass is 429 g/mol. The number of para-hydroxylation sites is 1. The molecule has 0 saturated carbocycles. The van der Waals surface area contributed by atoms with Gasteiger partial charge in [0, 0.05) is 18.1 Å². The van der Waals surface area contributed by atoms with Gasteiger partial charge in [-0.15, -0.1) is 0 Å². The van der Waals surface area contributed by atoms with Crippen LogP contribution >= 0.6 is 23.4 Å². The molecule has 0 aliphatic carbocycles. The fraction of sp³-hybridized carbons (Fsp3) is 0.318. The van der Waals surface area contributed by atoms with Crippen LogP contribution in [0.1, 0.15) is 32.3 Å². The first kappa shape index (κ1) is 21.4. The number of nitrogens with one attached hydrogen (secondary N) is 1. The minimum Gasteiger partial charge on any atom is -0.351 e. The SMILES string of the molecule is CCCCn1c(SC(C)C(=O)NCc2ccccc2Cl)nc2ccccc2c1=O. The average Bonchev–Trinajstić information content (AvgIpc) is 2.72. The van der Waals surface area contributed by atoms with Crippen LogP contribution in [0.5, 0.6) is 0 Å². The first-order valence-electron chi connectivity index (χ1n) is 9.68. The van der Waals surface area contributed by atoms with Gasteiger partial charge in [0.05, 0.1) is 16.2 Å². The third-order valence-corrected chi connectivity index (χ3v) is 6.08. The van der Waals surface area contributed by atoms with E-state index in [0.29, 0.717) is 34.2 Å². The average molecular weight is 430 g/mol. The zero-order valence-electron chi connectivity index (χ0n) is 16.5. The molecule has 1 aromatic heterocycles. The van der Waals surface area contributed by atoms with E-state index < -0.39 is 5.25 Å². The van der Waals surface area contributed by atoms with Crippen LogP contribution in [0.15, 0.2) is 58.5 Å². The van der Waals surface area contributed by atoms with Gasteiger partial charge in [0.15, 0.2) is 5.16 Å². The molecule has 2 aromatic carbocycles. The molecule has 0 fully saturated rings. The third-order valence-electron chi connectivity index (χ3n) is 4.62. The molecule has 3 aromatic rings. The summed E-state index contributed by atoms with van der Waals surface area (Å²) >= 11 is 7.46. The second-order valence-electron chi connectivity index (χ2n) is 6.79. The Bertz CT molecular complexity index is 1070. The van der Waals surface area contributed by atoms with Crippen LogP contribution in [0.25, 0.3) is 10.9 Å². The summed E-state index contributed by atoms with van der Waals surface area (Å²) in [5.74, 6) is -0.126. The molecule has 0 saturated heterocycles. The number of benzene rings is 2. The molecule has 0 spiro atoms. The molecule has 0 bridgehead atoms. The summed E-state index contributed by atoms with van der Waals surface area (Å²) in [7, 11) is 0. The summed E-state index contributed by atoms with van der Waals surface area (Å²) in [5.41, 5.74) is 1.45. The molecular weight excluding hydrogens is 406 g/mol. The van der Waals surface area contributed by atoms with Crippen LogP contribution in [0.4, 0.5) is 0 Å². The van der Waals surface area contributed by atoms with Gasteiger partial charge in [-0.2, -0.15) is 0 Å². The number of halogens is 1. The molecule has 1 heterocycles. The zero-order valence-corrected chi connectivity index (χ0v) is 18.1. The summed E-state index contributed by atoms with van der Waals surface area (Å²) in [4.78, 5) is 30.2. The predicted octanol–water partition coefficient (Wildman–Crippen LogP) is 4.65. The first-order valence-corrected chi connectivity index (χ1v) is 10.9. The summed E-state index contributed by atoms with van der Waals surface area (Å²) in [6.45, 7) is 4.84. The van der Waals surface area contributed by atoms with E-state index in [-0.39, 0.29) is 11.5 Å². The molecule has 0 aliphatic rings. The van der Waals surface area contributed by atoms with Crippen molar-refractivity contribution >= 4 is 40.2 Å². The standard InChI is InChI=1S/C22H24ClN3O2S/c1-3-4-13-26-21(28)17-10-6-8-12-19(17)25-22(26)29-15(2)20(27)24-14-16-9-5-7-11-18(16)23/h5-12,15H,3-4,13-14H2,1-2H3,(H,24,27). The van der Waals surface area contributed by atoms with Gasteiger partial charge < -0.3 is 5.32 Å². The van der Waals surface area contributed by atoms with Crippen molar-refractivity contribution in [2.45, 2.75) is 50.2 Å². The van der Waals surface area contributed by atoms with Crippen LogP contribution in [0.2, 0.25) is 5.02 Å². The Morgan fingerprint density at radius 3 is 2.69 bits per heavy atom. The number of carbonyl (C=O) groups is 1. The minimum absolute atomic E-state index is 0.0600. The highest BCUT2D eigenvalue weighted by molar-refractivity contribution is 8.00. The number of hydrogen-bond acceptors (Lipinski definition) is 4. The third kappa shape index (κ3) is 5.19. The molecule has 0 radical (unpaired) electrons. The molecule has 29 heavy (non-hydrogen) atoms. The normalized spacial score (nSPS) is 12.1. The molecule has 1 atom stereocenters. The van der Waals surface area contributed by atoms with Crippen molar-refractivity contribution in [2.24, 2.45) is 0 Å². The van der Waals surface area contributed by atoms with E-state index in [1.165, 1.54) is 11.8 Å². The van der Waals surface area contributed by atoms with Crippen LogP contribution < -0.4 is 10.9 Å². The maximum absolute atomic E-state index is 12.9. The highest BCUT2D eigenvalue weighted by Gasteiger charge is 2.19. The Hall–Kier alpha value is -2.31. The second-order valence-corrected chi connectivity index (χ2v) is 8.51. The molecule has 1 N–H and O–H groups in total. The summed E-state index contributed by atoms with van der Waals surface area (Å²) in [5, 5.41) is 4.31. The molecule has 3 rings (SSSR count). The topological polar surface area (TPSA) is 64.0 Å². The van der Waals surface area contributed by atoms with Crippen molar-refractivity contribution in [3.8, 4) is 0 Å². The van der Waals surface area contributed by atoms with Crippen molar-refractivity contribution in [2.75, 3.05) is 0 Å². The number of fused-ring (bicyclic) bond motifs is 1. The number of carbonyl (C=O) groups excluding carboxylic acids is 1. The Kier molecular flexibility index (Phi) is 7.34. The Balaban J connectivity index is 1.79. The quantitative estimate of drug-likeness (QED) is 0.418. The smallest absolute Gasteiger partial charge is 0.262 e. The second kappa shape index (κ2) is 9.94. The summed E-state index contributed by atoms with van der Waals surface area (Å²) < 4.78 is 1.69. The Morgan fingerprint density at radius 2 is 1.93 bits per heavy atom. The number of thioether (sulfide) groups is 1. The van der Waals surface area contributed by atoms with E-state index in [0.717, 1.165) is 18.4 Å². The summed E-state index contributed by atoms with van der Waals surface area (Å²) in [6, 6.07) is 14.7. The molecule has 0 aliphatic heterocycles. The summed E-state index contributed by atoms with van der Waals surface area (Å²) in [6.07, 6.45) is 1.85. The van der Waals surface area contributed by atoms with Gasteiger partial charge in [-0.3, -0.25) is 14.2 Å². The highest BCUT2D eigenvalue weighted by Crippen LogP contribution is 2.23. The van der Waals surface area contributed by atoms with E-state index in [2.05, 4.69) is 17.2 Å². The van der Waals surface area contributed by atoms with E-state index in [1.807, 2.05) is 43.3 Å².